The highest BCUT2D eigenvalue weighted by Gasteiger charge is 2.24. The molecule has 1 aliphatic rings. The lowest BCUT2D eigenvalue weighted by molar-refractivity contribution is 0.669. The van der Waals surface area contributed by atoms with Gasteiger partial charge in [0.05, 0.1) is 0 Å². The van der Waals surface area contributed by atoms with Gasteiger partial charge >= 0.3 is 0 Å². The van der Waals surface area contributed by atoms with Crippen molar-refractivity contribution in [1.82, 2.24) is 5.32 Å². The summed E-state index contributed by atoms with van der Waals surface area (Å²) in [6.07, 6.45) is -0.425. The molecule has 0 radical (unpaired) electrons. The number of aliphatic imine (C=N–C) groups is 2. The lowest BCUT2D eigenvalue weighted by Gasteiger charge is -2.23. The Morgan fingerprint density at radius 2 is 1.04 bits per heavy atom. The minimum absolute atomic E-state index is 0.425. The third-order valence-corrected chi connectivity index (χ3v) is 9.93. The molecule has 2 heterocycles. The van der Waals surface area contributed by atoms with Crippen LogP contribution < -0.4 is 5.32 Å². The van der Waals surface area contributed by atoms with E-state index in [2.05, 4.69) is 145 Å². The van der Waals surface area contributed by atoms with Crippen LogP contribution in [-0.4, -0.2) is 11.7 Å². The molecule has 240 valence electrons. The van der Waals surface area contributed by atoms with Crippen LogP contribution in [-0.2, 0) is 0 Å². The highest BCUT2D eigenvalue weighted by atomic mass is 16.3. The summed E-state index contributed by atoms with van der Waals surface area (Å²) in [7, 11) is 0. The van der Waals surface area contributed by atoms with Crippen molar-refractivity contribution >= 4 is 55.2 Å². The van der Waals surface area contributed by atoms with Crippen molar-refractivity contribution in [2.45, 2.75) is 6.17 Å². The quantitative estimate of drug-likeness (QED) is 0.188. The summed E-state index contributed by atoms with van der Waals surface area (Å²) in [5.41, 5.74) is 9.35. The van der Waals surface area contributed by atoms with Gasteiger partial charge in [-0.1, -0.05) is 152 Å². The van der Waals surface area contributed by atoms with Gasteiger partial charge in [0.2, 0.25) is 0 Å². The smallest absolute Gasteiger partial charge is 0.169 e. The van der Waals surface area contributed by atoms with E-state index in [1.54, 1.807) is 0 Å². The summed E-state index contributed by atoms with van der Waals surface area (Å²) in [6, 6.07) is 61.7. The first-order chi connectivity index (χ1) is 25.2. The number of nitrogens with one attached hydrogen (secondary N) is 1. The Morgan fingerprint density at radius 1 is 0.412 bits per heavy atom. The standard InChI is InChI=1S/C47H31N3O/c1-3-10-30(11-4-1)31-18-20-32(21-19-31)35-24-27-40-43(29-35)51-42-17-9-16-41(44(40)42)47-49-45(34-13-5-2-6-14-34)48-46(50-47)37-25-26-39-36(28-37)23-22-33-12-7-8-15-38(33)39/h1-29,46H,(H,48,49,50). The van der Waals surface area contributed by atoms with Gasteiger partial charge in [0.25, 0.3) is 0 Å². The lowest BCUT2D eigenvalue weighted by Crippen LogP contribution is -2.36. The first-order valence-corrected chi connectivity index (χ1v) is 17.3. The van der Waals surface area contributed by atoms with Gasteiger partial charge in [0.1, 0.15) is 22.8 Å². The van der Waals surface area contributed by atoms with E-state index in [9.17, 15) is 0 Å². The predicted molar refractivity (Wildman–Crippen MR) is 211 cm³/mol. The number of rotatable bonds is 5. The second kappa shape index (κ2) is 12.0. The maximum absolute atomic E-state index is 6.53. The Hall–Kier alpha value is -6.78. The highest BCUT2D eigenvalue weighted by molar-refractivity contribution is 6.23. The third kappa shape index (κ3) is 5.17. The van der Waals surface area contributed by atoms with E-state index < -0.39 is 6.17 Å². The van der Waals surface area contributed by atoms with Crippen molar-refractivity contribution in [3.05, 3.63) is 193 Å². The Morgan fingerprint density at radius 3 is 1.86 bits per heavy atom. The molecule has 0 bridgehead atoms. The van der Waals surface area contributed by atoms with E-state index >= 15 is 0 Å². The van der Waals surface area contributed by atoms with Crippen LogP contribution in [0.1, 0.15) is 22.9 Å². The molecule has 1 atom stereocenters. The summed E-state index contributed by atoms with van der Waals surface area (Å²) in [5.74, 6) is 1.55. The van der Waals surface area contributed by atoms with E-state index in [4.69, 9.17) is 14.4 Å². The van der Waals surface area contributed by atoms with Gasteiger partial charge < -0.3 is 9.73 Å². The lowest BCUT2D eigenvalue weighted by atomic mass is 9.98. The van der Waals surface area contributed by atoms with Crippen molar-refractivity contribution in [2.75, 3.05) is 0 Å². The van der Waals surface area contributed by atoms with Crippen LogP contribution in [0, 0.1) is 0 Å². The number of nitrogens with zero attached hydrogens (tertiary/aromatic N) is 2. The number of furan rings is 1. The third-order valence-electron chi connectivity index (χ3n) is 9.93. The van der Waals surface area contributed by atoms with Gasteiger partial charge in [-0.05, 0) is 73.6 Å². The zero-order chi connectivity index (χ0) is 33.7. The molecular weight excluding hydrogens is 623 g/mol. The van der Waals surface area contributed by atoms with Crippen LogP contribution in [0.15, 0.2) is 190 Å². The summed E-state index contributed by atoms with van der Waals surface area (Å²) in [5, 5.41) is 10.6. The molecule has 1 unspecified atom stereocenters. The Balaban J connectivity index is 1.07. The van der Waals surface area contributed by atoms with Crippen LogP contribution in [0.4, 0.5) is 0 Å². The SMILES string of the molecule is c1ccc(C2=NC(c3ccc4c(ccc5ccccc54)c3)N=C(c3cccc4oc5cc(-c6ccc(-c7ccccc7)cc6)ccc5c34)N2)cc1. The predicted octanol–water partition coefficient (Wildman–Crippen LogP) is 11.7. The van der Waals surface area contributed by atoms with E-state index in [1.165, 1.54) is 32.7 Å². The molecule has 0 spiro atoms. The van der Waals surface area contributed by atoms with Crippen LogP contribution in [0.5, 0.6) is 0 Å². The van der Waals surface area contributed by atoms with Crippen molar-refractivity contribution < 1.29 is 4.42 Å². The number of amidine groups is 2. The average Bonchev–Trinajstić information content (AvgIpc) is 3.59. The fraction of sp³-hybridized carbons (Fsp3) is 0.0213. The first-order valence-electron chi connectivity index (χ1n) is 17.3. The van der Waals surface area contributed by atoms with Crippen LogP contribution in [0.2, 0.25) is 0 Å². The molecule has 0 aliphatic carbocycles. The summed E-state index contributed by atoms with van der Waals surface area (Å²) in [6.45, 7) is 0. The van der Waals surface area contributed by atoms with Crippen LogP contribution in [0.3, 0.4) is 0 Å². The molecule has 1 aromatic heterocycles. The molecule has 0 saturated carbocycles. The molecule has 0 fully saturated rings. The molecule has 1 N–H and O–H groups in total. The molecule has 4 heteroatoms. The van der Waals surface area contributed by atoms with Gasteiger partial charge in [-0.2, -0.15) is 0 Å². The molecule has 0 saturated heterocycles. The Bertz CT molecular complexity index is 2820. The molecule has 51 heavy (non-hydrogen) atoms. The number of hydrogen-bond donors (Lipinski definition) is 1. The minimum Gasteiger partial charge on any atom is -0.456 e. The first kappa shape index (κ1) is 29.2. The van der Waals surface area contributed by atoms with E-state index in [-0.39, 0.29) is 0 Å². The second-order valence-electron chi connectivity index (χ2n) is 13.0. The summed E-state index contributed by atoms with van der Waals surface area (Å²) >= 11 is 0. The van der Waals surface area contributed by atoms with Gasteiger partial charge in [-0.3, -0.25) is 0 Å². The van der Waals surface area contributed by atoms with E-state index in [1.807, 2.05) is 36.4 Å². The van der Waals surface area contributed by atoms with Gasteiger partial charge in [-0.15, -0.1) is 0 Å². The van der Waals surface area contributed by atoms with Gasteiger partial charge in [-0.25, -0.2) is 9.98 Å². The second-order valence-corrected chi connectivity index (χ2v) is 13.0. The molecule has 9 aromatic rings. The topological polar surface area (TPSA) is 49.9 Å². The zero-order valence-electron chi connectivity index (χ0n) is 27.6. The fourth-order valence-corrected chi connectivity index (χ4v) is 7.36. The van der Waals surface area contributed by atoms with Crippen molar-refractivity contribution in [3.63, 3.8) is 0 Å². The van der Waals surface area contributed by atoms with E-state index in [0.717, 1.165) is 61.4 Å². The van der Waals surface area contributed by atoms with Crippen LogP contribution >= 0.6 is 0 Å². The van der Waals surface area contributed by atoms with Crippen LogP contribution in [0.25, 0.3) is 65.7 Å². The minimum atomic E-state index is -0.425. The highest BCUT2D eigenvalue weighted by Crippen LogP contribution is 2.37. The largest absolute Gasteiger partial charge is 0.456 e. The Labute approximate surface area is 295 Å². The molecule has 0 amide bonds. The van der Waals surface area contributed by atoms with Crippen molar-refractivity contribution in [2.24, 2.45) is 9.98 Å². The number of fused-ring (bicyclic) bond motifs is 6. The maximum Gasteiger partial charge on any atom is 0.169 e. The maximum atomic E-state index is 6.53. The average molecular weight is 654 g/mol. The molecular formula is C47H31N3O. The molecule has 1 aliphatic heterocycles. The monoisotopic (exact) mass is 653 g/mol. The summed E-state index contributed by atoms with van der Waals surface area (Å²) in [4.78, 5) is 10.4. The van der Waals surface area contributed by atoms with Crippen molar-refractivity contribution in [1.29, 1.82) is 0 Å². The Kier molecular flexibility index (Phi) is 6.85. The normalized spacial score (nSPS) is 14.5. The number of hydrogen-bond acceptors (Lipinski definition) is 4. The summed E-state index contributed by atoms with van der Waals surface area (Å²) < 4.78 is 6.53. The molecule has 4 nitrogen and oxygen atoms in total. The molecule has 8 aromatic carbocycles. The van der Waals surface area contributed by atoms with E-state index in [0.29, 0.717) is 0 Å². The zero-order valence-corrected chi connectivity index (χ0v) is 27.6. The fourth-order valence-electron chi connectivity index (χ4n) is 7.36. The van der Waals surface area contributed by atoms with Gasteiger partial charge in [0.15, 0.2) is 6.17 Å². The van der Waals surface area contributed by atoms with Gasteiger partial charge in [0, 0.05) is 21.9 Å². The molecule has 10 rings (SSSR count). The van der Waals surface area contributed by atoms with Crippen molar-refractivity contribution in [3.8, 4) is 22.3 Å². The number of benzene rings is 8.